The number of rotatable bonds is 12. The Hall–Kier alpha value is -1.98. The Bertz CT molecular complexity index is 1070. The number of anilines is 1. The van der Waals surface area contributed by atoms with Crippen molar-refractivity contribution < 1.29 is 26.4 Å². The van der Waals surface area contributed by atoms with Crippen molar-refractivity contribution in [3.05, 3.63) is 59.1 Å². The smallest absolute Gasteiger partial charge is 0.240 e. The molecule has 170 valence electrons. The number of nitrogens with one attached hydrogen (secondary N) is 2. The van der Waals surface area contributed by atoms with Gasteiger partial charge in [0.2, 0.25) is 15.9 Å². The fraction of sp³-hybridized carbons (Fsp3) is 0.350. The fourth-order valence-electron chi connectivity index (χ4n) is 2.61. The van der Waals surface area contributed by atoms with Crippen LogP contribution in [0.1, 0.15) is 18.9 Å². The molecule has 0 bridgehead atoms. The molecule has 0 aliphatic rings. The number of carbonyl (C=O) groups excluding carboxylic acids is 1. The Labute approximate surface area is 187 Å². The number of ether oxygens (including phenoxy) is 1. The van der Waals surface area contributed by atoms with Gasteiger partial charge in [0.1, 0.15) is 5.75 Å². The summed E-state index contributed by atoms with van der Waals surface area (Å²) in [5, 5.41) is 2.96. The van der Waals surface area contributed by atoms with Gasteiger partial charge in [-0.15, -0.1) is 0 Å². The number of sulfonamides is 1. The lowest BCUT2D eigenvalue weighted by Gasteiger charge is -2.09. The third kappa shape index (κ3) is 8.96. The van der Waals surface area contributed by atoms with E-state index in [4.69, 9.17) is 16.3 Å². The molecule has 0 aliphatic carbocycles. The highest BCUT2D eigenvalue weighted by molar-refractivity contribution is 7.91. The van der Waals surface area contributed by atoms with Crippen LogP contribution >= 0.6 is 11.6 Å². The van der Waals surface area contributed by atoms with E-state index >= 15 is 0 Å². The largest absolute Gasteiger partial charge is 0.382 e. The highest BCUT2D eigenvalue weighted by Gasteiger charge is 2.18. The van der Waals surface area contributed by atoms with Crippen LogP contribution in [0.4, 0.5) is 5.69 Å². The molecule has 0 radical (unpaired) electrons. The Balaban J connectivity index is 1.90. The number of carbonyl (C=O) groups is 1. The van der Waals surface area contributed by atoms with Crippen LogP contribution in [0.2, 0.25) is 5.02 Å². The molecule has 0 atom stereocenters. The molecular formula is C20H25ClN2O6S2. The van der Waals surface area contributed by atoms with E-state index in [9.17, 15) is 21.6 Å². The minimum Gasteiger partial charge on any atom is -0.382 e. The normalized spacial score (nSPS) is 11.9. The van der Waals surface area contributed by atoms with Gasteiger partial charge in [-0.2, -0.15) is 0 Å². The number of amides is 1. The molecule has 2 aromatic rings. The predicted molar refractivity (Wildman–Crippen MR) is 120 cm³/mol. The zero-order valence-electron chi connectivity index (χ0n) is 17.0. The summed E-state index contributed by atoms with van der Waals surface area (Å²) in [6.07, 6.45) is 0.547. The second-order valence-corrected chi connectivity index (χ2v) is 10.9. The third-order valence-electron chi connectivity index (χ3n) is 4.06. The second kappa shape index (κ2) is 11.6. The summed E-state index contributed by atoms with van der Waals surface area (Å²) in [7, 11) is -7.37. The molecule has 8 nitrogen and oxygen atoms in total. The maximum absolute atomic E-state index is 12.3. The standard InChI is InChI=1S/C20H25ClN2O6S2/c1-2-29-13-3-12-22-31(27,28)19-10-8-18(9-11-19)23-20(24)15-30(25,26)14-16-4-6-17(21)7-5-16/h4-11,22H,2-3,12-15H2,1H3,(H,23,24). The lowest BCUT2D eigenvalue weighted by atomic mass is 10.2. The van der Waals surface area contributed by atoms with E-state index in [2.05, 4.69) is 10.0 Å². The molecule has 0 spiro atoms. The average Bonchev–Trinajstić information content (AvgIpc) is 2.69. The van der Waals surface area contributed by atoms with Gasteiger partial charge in [-0.1, -0.05) is 23.7 Å². The first-order chi connectivity index (χ1) is 14.6. The molecule has 0 aromatic heterocycles. The zero-order valence-corrected chi connectivity index (χ0v) is 19.4. The van der Waals surface area contributed by atoms with E-state index in [0.717, 1.165) is 0 Å². The molecule has 0 heterocycles. The number of sulfone groups is 1. The van der Waals surface area contributed by atoms with E-state index in [1.165, 1.54) is 24.3 Å². The van der Waals surface area contributed by atoms with Gasteiger partial charge < -0.3 is 10.1 Å². The maximum Gasteiger partial charge on any atom is 0.240 e. The van der Waals surface area contributed by atoms with Gasteiger partial charge in [-0.3, -0.25) is 4.79 Å². The maximum atomic E-state index is 12.3. The number of hydrogen-bond donors (Lipinski definition) is 2. The van der Waals surface area contributed by atoms with Crippen LogP contribution in [0.3, 0.4) is 0 Å². The second-order valence-electron chi connectivity index (χ2n) is 6.68. The van der Waals surface area contributed by atoms with E-state index in [1.54, 1.807) is 24.3 Å². The predicted octanol–water partition coefficient (Wildman–Crippen LogP) is 2.60. The summed E-state index contributed by atoms with van der Waals surface area (Å²) in [6.45, 7) is 3.14. The lowest BCUT2D eigenvalue weighted by Crippen LogP contribution is -2.26. The van der Waals surface area contributed by atoms with Crippen molar-refractivity contribution in [3.8, 4) is 0 Å². The van der Waals surface area contributed by atoms with Crippen molar-refractivity contribution in [3.63, 3.8) is 0 Å². The molecule has 0 aliphatic heterocycles. The van der Waals surface area contributed by atoms with Crippen LogP contribution in [0.15, 0.2) is 53.4 Å². The lowest BCUT2D eigenvalue weighted by molar-refractivity contribution is -0.113. The van der Waals surface area contributed by atoms with E-state index in [0.29, 0.717) is 35.9 Å². The summed E-state index contributed by atoms with van der Waals surface area (Å²) in [4.78, 5) is 12.2. The third-order valence-corrected chi connectivity index (χ3v) is 7.26. The average molecular weight is 489 g/mol. The Morgan fingerprint density at radius 1 is 1.00 bits per heavy atom. The van der Waals surface area contributed by atoms with Crippen LogP contribution in [-0.4, -0.2) is 48.3 Å². The first-order valence-corrected chi connectivity index (χ1v) is 13.2. The van der Waals surface area contributed by atoms with Crippen LogP contribution in [0.25, 0.3) is 0 Å². The van der Waals surface area contributed by atoms with E-state index in [-0.39, 0.29) is 17.2 Å². The Morgan fingerprint density at radius 2 is 1.65 bits per heavy atom. The summed E-state index contributed by atoms with van der Waals surface area (Å²) in [5.41, 5.74) is 0.822. The van der Waals surface area contributed by atoms with Crippen molar-refractivity contribution in [1.82, 2.24) is 4.72 Å². The molecule has 0 fully saturated rings. The van der Waals surface area contributed by atoms with Crippen molar-refractivity contribution in [2.75, 3.05) is 30.8 Å². The fourth-order valence-corrected chi connectivity index (χ4v) is 5.08. The molecule has 0 saturated carbocycles. The molecular weight excluding hydrogens is 464 g/mol. The SMILES string of the molecule is CCOCCCNS(=O)(=O)c1ccc(NC(=O)CS(=O)(=O)Cc2ccc(Cl)cc2)cc1. The molecule has 2 rings (SSSR count). The molecule has 11 heteroatoms. The van der Waals surface area contributed by atoms with E-state index < -0.39 is 31.5 Å². The molecule has 0 saturated heterocycles. The quantitative estimate of drug-likeness (QED) is 0.443. The Morgan fingerprint density at radius 3 is 2.26 bits per heavy atom. The summed E-state index contributed by atoms with van der Waals surface area (Å²) < 4.78 is 56.6. The van der Waals surface area contributed by atoms with E-state index in [1.807, 2.05) is 6.92 Å². The summed E-state index contributed by atoms with van der Waals surface area (Å²) in [5.74, 6) is -1.69. The van der Waals surface area contributed by atoms with Crippen LogP contribution in [0, 0.1) is 0 Å². The first-order valence-electron chi connectivity index (χ1n) is 9.53. The van der Waals surface area contributed by atoms with Crippen LogP contribution < -0.4 is 10.0 Å². The van der Waals surface area contributed by atoms with Gasteiger partial charge >= 0.3 is 0 Å². The van der Waals surface area contributed by atoms with Gasteiger partial charge in [0.25, 0.3) is 0 Å². The van der Waals surface area contributed by atoms with Gasteiger partial charge in [0, 0.05) is 30.5 Å². The van der Waals surface area contributed by atoms with Crippen molar-refractivity contribution in [2.45, 2.75) is 24.0 Å². The van der Waals surface area contributed by atoms with Gasteiger partial charge in [0.05, 0.1) is 10.6 Å². The summed E-state index contributed by atoms with van der Waals surface area (Å²) in [6, 6.07) is 11.8. The zero-order chi connectivity index (χ0) is 22.9. The number of halogens is 1. The van der Waals surface area contributed by atoms with Gasteiger partial charge in [-0.25, -0.2) is 21.6 Å². The van der Waals surface area contributed by atoms with Crippen molar-refractivity contribution >= 4 is 43.1 Å². The van der Waals surface area contributed by atoms with Crippen molar-refractivity contribution in [1.29, 1.82) is 0 Å². The highest BCUT2D eigenvalue weighted by Crippen LogP contribution is 2.15. The highest BCUT2D eigenvalue weighted by atomic mass is 35.5. The number of benzene rings is 2. The molecule has 2 aromatic carbocycles. The Kier molecular flexibility index (Phi) is 9.45. The van der Waals surface area contributed by atoms with Crippen LogP contribution in [-0.2, 0) is 35.1 Å². The topological polar surface area (TPSA) is 119 Å². The summed E-state index contributed by atoms with van der Waals surface area (Å²) >= 11 is 5.78. The molecule has 2 N–H and O–H groups in total. The molecule has 1 amide bonds. The number of hydrogen-bond acceptors (Lipinski definition) is 6. The van der Waals surface area contributed by atoms with Gasteiger partial charge in [-0.05, 0) is 55.3 Å². The minimum absolute atomic E-state index is 0.0391. The van der Waals surface area contributed by atoms with Crippen molar-refractivity contribution in [2.24, 2.45) is 0 Å². The molecule has 31 heavy (non-hydrogen) atoms. The monoisotopic (exact) mass is 488 g/mol. The molecule has 0 unspecified atom stereocenters. The van der Waals surface area contributed by atoms with Crippen LogP contribution in [0.5, 0.6) is 0 Å². The minimum atomic E-state index is -3.69. The first kappa shape index (κ1) is 25.3. The van der Waals surface area contributed by atoms with Gasteiger partial charge in [0.15, 0.2) is 9.84 Å².